The van der Waals surface area contributed by atoms with Gasteiger partial charge in [0, 0.05) is 19.3 Å². The van der Waals surface area contributed by atoms with Gasteiger partial charge >= 0.3 is 11.9 Å². The van der Waals surface area contributed by atoms with Crippen molar-refractivity contribution in [2.75, 3.05) is 41.0 Å². The fraction of sp³-hybridized carbons (Fsp3) is 0.750. The van der Waals surface area contributed by atoms with Crippen LogP contribution in [0.4, 0.5) is 0 Å². The molecule has 52 heavy (non-hydrogen) atoms. The van der Waals surface area contributed by atoms with Crippen molar-refractivity contribution >= 4 is 17.9 Å². The summed E-state index contributed by atoms with van der Waals surface area (Å²) in [6.07, 6.45) is 40.0. The Morgan fingerprint density at radius 1 is 0.596 bits per heavy atom. The molecule has 0 aliphatic carbocycles. The molecule has 0 heterocycles. The molecule has 0 saturated heterocycles. The van der Waals surface area contributed by atoms with E-state index < -0.39 is 18.1 Å². The summed E-state index contributed by atoms with van der Waals surface area (Å²) in [5.74, 6) is -1.80. The van der Waals surface area contributed by atoms with Crippen LogP contribution in [0.1, 0.15) is 162 Å². The van der Waals surface area contributed by atoms with Crippen molar-refractivity contribution in [3.63, 3.8) is 0 Å². The topological polar surface area (TPSA) is 102 Å². The van der Waals surface area contributed by atoms with Gasteiger partial charge in [-0.15, -0.1) is 0 Å². The molecule has 0 aliphatic heterocycles. The van der Waals surface area contributed by atoms with Crippen LogP contribution in [0.25, 0.3) is 0 Å². The first kappa shape index (κ1) is 49.3. The highest BCUT2D eigenvalue weighted by Crippen LogP contribution is 2.12. The minimum Gasteiger partial charge on any atom is -0.544 e. The molecule has 0 fully saturated rings. The van der Waals surface area contributed by atoms with Gasteiger partial charge in [0.2, 0.25) is 0 Å². The molecule has 0 aromatic carbocycles. The summed E-state index contributed by atoms with van der Waals surface area (Å²) in [5, 5.41) is 11.6. The van der Waals surface area contributed by atoms with E-state index in [-0.39, 0.29) is 49.1 Å². The number of likely N-dealkylation sites (N-methyl/N-ethyl adjacent to an activating group) is 1. The van der Waals surface area contributed by atoms with Crippen LogP contribution < -0.4 is 5.11 Å². The Hall–Kier alpha value is -2.71. The van der Waals surface area contributed by atoms with Crippen molar-refractivity contribution in [1.29, 1.82) is 0 Å². The first-order valence-corrected chi connectivity index (χ1v) is 20.7. The highest BCUT2D eigenvalue weighted by atomic mass is 16.6. The summed E-state index contributed by atoms with van der Waals surface area (Å²) in [6, 6.07) is -0.733. The lowest BCUT2D eigenvalue weighted by Crippen LogP contribution is -2.55. The van der Waals surface area contributed by atoms with E-state index in [0.717, 1.165) is 64.2 Å². The van der Waals surface area contributed by atoms with Crippen molar-refractivity contribution in [1.82, 2.24) is 0 Å². The average Bonchev–Trinajstić information content (AvgIpc) is 3.09. The van der Waals surface area contributed by atoms with Gasteiger partial charge in [-0.25, -0.2) is 0 Å². The van der Waals surface area contributed by atoms with Crippen LogP contribution in [0.15, 0.2) is 48.6 Å². The monoisotopic (exact) mass is 732 g/mol. The lowest BCUT2D eigenvalue weighted by molar-refractivity contribution is -0.889. The fourth-order valence-corrected chi connectivity index (χ4v) is 5.73. The number of carbonyl (C=O) groups is 3. The van der Waals surface area contributed by atoms with Gasteiger partial charge < -0.3 is 28.6 Å². The van der Waals surface area contributed by atoms with Crippen LogP contribution in [0.2, 0.25) is 0 Å². The Bertz CT molecular complexity index is 995. The first-order chi connectivity index (χ1) is 25.1. The molecule has 0 spiro atoms. The maximum absolute atomic E-state index is 12.6. The van der Waals surface area contributed by atoms with Gasteiger partial charge in [0.25, 0.3) is 0 Å². The fourth-order valence-electron chi connectivity index (χ4n) is 5.73. The van der Waals surface area contributed by atoms with E-state index in [1.807, 2.05) is 0 Å². The smallest absolute Gasteiger partial charge is 0.306 e. The Morgan fingerprint density at radius 3 is 1.65 bits per heavy atom. The van der Waals surface area contributed by atoms with Gasteiger partial charge in [-0.05, 0) is 70.6 Å². The third kappa shape index (κ3) is 33.1. The molecule has 0 radical (unpaired) electrons. The maximum Gasteiger partial charge on any atom is 0.306 e. The number of ether oxygens (including phenoxy) is 3. The van der Waals surface area contributed by atoms with Crippen LogP contribution in [0.3, 0.4) is 0 Å². The molecule has 2 unspecified atom stereocenters. The Kier molecular flexibility index (Phi) is 33.5. The maximum atomic E-state index is 12.6. The number of carboxylic acid groups (broad SMARTS) is 1. The quantitative estimate of drug-likeness (QED) is 0.0274. The number of hydrogen-bond donors (Lipinski definition) is 0. The highest BCUT2D eigenvalue weighted by molar-refractivity contribution is 5.70. The van der Waals surface area contributed by atoms with Crippen LogP contribution in [-0.2, 0) is 28.6 Å². The molecule has 0 rings (SSSR count). The van der Waals surface area contributed by atoms with Crippen LogP contribution >= 0.6 is 0 Å². The molecule has 0 aromatic rings. The summed E-state index contributed by atoms with van der Waals surface area (Å²) in [6.45, 7) is 4.48. The van der Waals surface area contributed by atoms with Crippen molar-refractivity contribution < 1.29 is 38.2 Å². The number of hydrogen-bond acceptors (Lipinski definition) is 7. The van der Waals surface area contributed by atoms with E-state index in [0.29, 0.717) is 12.8 Å². The van der Waals surface area contributed by atoms with Crippen LogP contribution in [-0.4, -0.2) is 75.5 Å². The zero-order chi connectivity index (χ0) is 38.5. The van der Waals surface area contributed by atoms with Crippen LogP contribution in [0, 0.1) is 0 Å². The Labute approximate surface area is 318 Å². The minimum absolute atomic E-state index is 0.0217. The van der Waals surface area contributed by atoms with Crippen molar-refractivity contribution in [3.05, 3.63) is 48.6 Å². The largest absolute Gasteiger partial charge is 0.544 e. The third-order valence-electron chi connectivity index (χ3n) is 8.95. The van der Waals surface area contributed by atoms with E-state index in [1.165, 1.54) is 57.8 Å². The summed E-state index contributed by atoms with van der Waals surface area (Å²) >= 11 is 0. The Balaban J connectivity index is 4.42. The minimum atomic E-state index is -1.13. The number of allylic oxidation sites excluding steroid dienone is 8. The molecule has 0 amide bonds. The molecule has 300 valence electrons. The van der Waals surface area contributed by atoms with Gasteiger partial charge in [0.05, 0.1) is 40.3 Å². The van der Waals surface area contributed by atoms with Crippen molar-refractivity contribution in [2.45, 2.75) is 174 Å². The summed E-state index contributed by atoms with van der Waals surface area (Å²) in [4.78, 5) is 36.7. The summed E-state index contributed by atoms with van der Waals surface area (Å²) < 4.78 is 17.1. The number of carbonyl (C=O) groups excluding carboxylic acids is 3. The lowest BCUT2D eigenvalue weighted by Gasteiger charge is -2.34. The van der Waals surface area contributed by atoms with Gasteiger partial charge in [-0.2, -0.15) is 0 Å². The van der Waals surface area contributed by atoms with Gasteiger partial charge in [-0.3, -0.25) is 9.59 Å². The van der Waals surface area contributed by atoms with E-state index in [2.05, 4.69) is 62.5 Å². The van der Waals surface area contributed by atoms with E-state index in [4.69, 9.17) is 14.2 Å². The number of esters is 2. The second-order valence-electron chi connectivity index (χ2n) is 14.8. The summed E-state index contributed by atoms with van der Waals surface area (Å²) in [7, 11) is 5.38. The number of aliphatic carboxylic acids is 1. The molecule has 8 heteroatoms. The van der Waals surface area contributed by atoms with Gasteiger partial charge in [0.1, 0.15) is 12.6 Å². The third-order valence-corrected chi connectivity index (χ3v) is 8.95. The zero-order valence-electron chi connectivity index (χ0n) is 34.0. The predicted molar refractivity (Wildman–Crippen MR) is 213 cm³/mol. The van der Waals surface area contributed by atoms with Gasteiger partial charge in [-0.1, -0.05) is 120 Å². The standard InChI is InChI=1S/C44H77NO7/c1-6-8-10-12-14-16-18-20-21-22-23-25-26-28-30-32-34-42(46)51-39-40(38-50-37-36-41(44(48)49)45(3,4)5)52-43(47)35-33-31-29-27-24-19-17-15-13-11-9-7-2/h9,11,15,17,21-22,24,27,40-41H,6-8,10,12-14,16,18-20,23,25-26,28-39H2,1-5H3/b11-9+,17-15+,22-21+,27-24+. The molecule has 0 saturated carbocycles. The molecule has 0 aliphatic rings. The molecule has 0 bridgehead atoms. The second-order valence-corrected chi connectivity index (χ2v) is 14.8. The number of nitrogens with zero attached hydrogens (tertiary/aromatic N) is 1. The van der Waals surface area contributed by atoms with E-state index in [1.54, 1.807) is 21.1 Å². The second kappa shape index (κ2) is 35.3. The van der Waals surface area contributed by atoms with E-state index >= 15 is 0 Å². The van der Waals surface area contributed by atoms with Crippen LogP contribution in [0.5, 0.6) is 0 Å². The first-order valence-electron chi connectivity index (χ1n) is 20.7. The molecule has 8 nitrogen and oxygen atoms in total. The van der Waals surface area contributed by atoms with Gasteiger partial charge in [0.15, 0.2) is 6.10 Å². The number of carboxylic acids is 1. The van der Waals surface area contributed by atoms with E-state index in [9.17, 15) is 19.5 Å². The summed E-state index contributed by atoms with van der Waals surface area (Å²) in [5.41, 5.74) is 0. The number of rotatable bonds is 36. The number of quaternary nitrogens is 1. The Morgan fingerprint density at radius 2 is 1.08 bits per heavy atom. The molecule has 2 atom stereocenters. The highest BCUT2D eigenvalue weighted by Gasteiger charge is 2.25. The molecule has 0 N–H and O–H groups in total. The SMILES string of the molecule is CC/C=C/C/C=C/C/C=C/CCCCC(=O)OC(COCCC(C(=O)[O-])[N+](C)(C)C)COC(=O)CCCCCCC/C=C/CCCCCCCCC. The normalized spacial score (nSPS) is 13.5. The molecule has 0 aromatic heterocycles. The average molecular weight is 732 g/mol. The lowest BCUT2D eigenvalue weighted by atomic mass is 10.1. The molecular formula is C44H77NO7. The number of unbranched alkanes of at least 4 members (excludes halogenated alkanes) is 14. The zero-order valence-corrected chi connectivity index (χ0v) is 34.0. The predicted octanol–water partition coefficient (Wildman–Crippen LogP) is 9.52. The van der Waals surface area contributed by atoms with Crippen molar-refractivity contribution in [3.8, 4) is 0 Å². The van der Waals surface area contributed by atoms with Crippen molar-refractivity contribution in [2.24, 2.45) is 0 Å². The molecular weight excluding hydrogens is 654 g/mol.